The van der Waals surface area contributed by atoms with E-state index < -0.39 is 6.67 Å². The molecule has 0 bridgehead atoms. The molecule has 0 radical (unpaired) electrons. The van der Waals surface area contributed by atoms with Crippen molar-refractivity contribution in [2.45, 2.75) is 6.04 Å². The minimum Gasteiger partial charge on any atom is -0.489 e. The van der Waals surface area contributed by atoms with E-state index in [1.807, 2.05) is 12.1 Å². The molecule has 0 aliphatic carbocycles. The molecule has 1 aromatic heterocycles. The Balaban J connectivity index is 2.03. The number of rotatable bonds is 5. The number of ether oxygens (including phenoxy) is 1. The molecule has 118 valence electrons. The van der Waals surface area contributed by atoms with Gasteiger partial charge in [-0.25, -0.2) is 14.4 Å². The number of alkyl halides is 1. The number of hydrogen-bond donors (Lipinski definition) is 0. The van der Waals surface area contributed by atoms with Crippen LogP contribution in [-0.2, 0) is 0 Å². The van der Waals surface area contributed by atoms with E-state index in [0.717, 1.165) is 29.7 Å². The largest absolute Gasteiger partial charge is 0.489 e. The maximum Gasteiger partial charge on any atom is 0.143 e. The third kappa shape index (κ3) is 2.68. The number of hydrogen-bond acceptors (Lipinski definition) is 5. The summed E-state index contributed by atoms with van der Waals surface area (Å²) in [5.74, 6) is 0.624. The van der Waals surface area contributed by atoms with Crippen LogP contribution >= 0.6 is 11.6 Å². The summed E-state index contributed by atoms with van der Waals surface area (Å²) in [6.07, 6.45) is 1.44. The molecule has 0 saturated carbocycles. The first-order valence-electron chi connectivity index (χ1n) is 7.15. The minimum atomic E-state index is -0.531. The molecule has 2 heterocycles. The van der Waals surface area contributed by atoms with Gasteiger partial charge >= 0.3 is 0 Å². The fourth-order valence-corrected chi connectivity index (χ4v) is 2.85. The number of likely N-dealkylation sites (N-methyl/N-ethyl adjacent to an activating group) is 1. The zero-order chi connectivity index (χ0) is 15.7. The van der Waals surface area contributed by atoms with E-state index in [1.54, 1.807) is 0 Å². The molecule has 5 nitrogen and oxygen atoms in total. The van der Waals surface area contributed by atoms with Crippen molar-refractivity contribution in [2.75, 3.05) is 45.4 Å². The molecule has 0 N–H and O–H groups in total. The molecule has 0 atom stereocenters. The summed E-state index contributed by atoms with van der Waals surface area (Å²) in [5, 5.41) is 1.15. The molecule has 2 aromatic rings. The normalized spacial score (nSPS) is 15.4. The predicted molar refractivity (Wildman–Crippen MR) is 85.7 cm³/mol. The van der Waals surface area contributed by atoms with E-state index in [1.165, 1.54) is 6.33 Å². The number of aromatic nitrogens is 2. The number of nitrogens with zero attached hydrogens (tertiary/aromatic N) is 4. The second-order valence-corrected chi connectivity index (χ2v) is 5.89. The SMILES string of the molecule is CN(C)C1CN(c2c(OCCF)ccc3ncnc(Cl)c23)C1. The van der Waals surface area contributed by atoms with E-state index in [-0.39, 0.29) is 6.61 Å². The molecular weight excluding hydrogens is 307 g/mol. The van der Waals surface area contributed by atoms with Gasteiger partial charge in [-0.1, -0.05) is 11.6 Å². The third-order valence-corrected chi connectivity index (χ3v) is 4.22. The lowest BCUT2D eigenvalue weighted by Gasteiger charge is -2.45. The Morgan fingerprint density at radius 3 is 2.82 bits per heavy atom. The molecule has 22 heavy (non-hydrogen) atoms. The first kappa shape index (κ1) is 15.2. The highest BCUT2D eigenvalue weighted by molar-refractivity contribution is 6.35. The van der Waals surface area contributed by atoms with E-state index in [4.69, 9.17) is 16.3 Å². The molecule has 1 saturated heterocycles. The molecule has 0 unspecified atom stereocenters. The van der Waals surface area contributed by atoms with Gasteiger partial charge in [-0.05, 0) is 26.2 Å². The topological polar surface area (TPSA) is 41.5 Å². The van der Waals surface area contributed by atoms with Crippen molar-refractivity contribution in [1.82, 2.24) is 14.9 Å². The zero-order valence-corrected chi connectivity index (χ0v) is 13.3. The summed E-state index contributed by atoms with van der Waals surface area (Å²) >= 11 is 6.27. The first-order valence-corrected chi connectivity index (χ1v) is 7.53. The van der Waals surface area contributed by atoms with Crippen molar-refractivity contribution in [1.29, 1.82) is 0 Å². The van der Waals surface area contributed by atoms with Crippen LogP contribution in [0.15, 0.2) is 18.5 Å². The molecule has 3 rings (SSSR count). The van der Waals surface area contributed by atoms with E-state index in [9.17, 15) is 4.39 Å². The van der Waals surface area contributed by atoms with Crippen LogP contribution in [0.1, 0.15) is 0 Å². The molecule has 0 amide bonds. The number of anilines is 1. The van der Waals surface area contributed by atoms with Gasteiger partial charge in [0, 0.05) is 19.1 Å². The summed E-state index contributed by atoms with van der Waals surface area (Å²) in [6.45, 7) is 1.22. The number of fused-ring (bicyclic) bond motifs is 1. The van der Waals surface area contributed by atoms with Gasteiger partial charge in [0.2, 0.25) is 0 Å². The fourth-order valence-electron chi connectivity index (χ4n) is 2.62. The van der Waals surface area contributed by atoms with Crippen LogP contribution in [0.25, 0.3) is 10.9 Å². The molecule has 0 spiro atoms. The van der Waals surface area contributed by atoms with Crippen LogP contribution in [0.5, 0.6) is 5.75 Å². The summed E-state index contributed by atoms with van der Waals surface area (Å²) < 4.78 is 18.0. The minimum absolute atomic E-state index is 0.0226. The third-order valence-electron chi connectivity index (χ3n) is 3.94. The highest BCUT2D eigenvalue weighted by atomic mass is 35.5. The monoisotopic (exact) mass is 324 g/mol. The maximum atomic E-state index is 12.5. The molecule has 1 fully saturated rings. The summed E-state index contributed by atoms with van der Waals surface area (Å²) in [7, 11) is 4.11. The lowest BCUT2D eigenvalue weighted by molar-refractivity contribution is 0.242. The second-order valence-electron chi connectivity index (χ2n) is 5.53. The van der Waals surface area contributed by atoms with Crippen LogP contribution < -0.4 is 9.64 Å². The van der Waals surface area contributed by atoms with Crippen LogP contribution in [0.3, 0.4) is 0 Å². The summed E-state index contributed by atoms with van der Waals surface area (Å²) in [5.41, 5.74) is 1.62. The predicted octanol–water partition coefficient (Wildman–Crippen LogP) is 2.38. The maximum absolute atomic E-state index is 12.5. The Morgan fingerprint density at radius 1 is 1.36 bits per heavy atom. The van der Waals surface area contributed by atoms with Gasteiger partial charge in [0.1, 0.15) is 30.5 Å². The van der Waals surface area contributed by atoms with Crippen molar-refractivity contribution in [3.8, 4) is 5.75 Å². The van der Waals surface area contributed by atoms with Crippen molar-refractivity contribution in [3.63, 3.8) is 0 Å². The number of halogens is 2. The van der Waals surface area contributed by atoms with Crippen molar-refractivity contribution in [2.24, 2.45) is 0 Å². The van der Waals surface area contributed by atoms with Crippen LogP contribution in [0.2, 0.25) is 5.15 Å². The molecular formula is C15H18ClFN4O. The van der Waals surface area contributed by atoms with Crippen molar-refractivity contribution in [3.05, 3.63) is 23.6 Å². The highest BCUT2D eigenvalue weighted by Crippen LogP contribution is 2.41. The van der Waals surface area contributed by atoms with Gasteiger partial charge in [-0.3, -0.25) is 0 Å². The van der Waals surface area contributed by atoms with Crippen LogP contribution in [0.4, 0.5) is 10.1 Å². The van der Waals surface area contributed by atoms with Gasteiger partial charge in [-0.2, -0.15) is 0 Å². The zero-order valence-electron chi connectivity index (χ0n) is 12.6. The van der Waals surface area contributed by atoms with Crippen molar-refractivity contribution >= 4 is 28.2 Å². The van der Waals surface area contributed by atoms with Gasteiger partial charge in [0.15, 0.2) is 0 Å². The standard InChI is InChI=1S/C15H18ClFN4O/c1-20(2)10-7-21(8-10)14-12(22-6-5-17)4-3-11-13(14)15(16)19-9-18-11/h3-4,9-10H,5-8H2,1-2H3. The van der Waals surface area contributed by atoms with Crippen LogP contribution in [0, 0.1) is 0 Å². The molecule has 7 heteroatoms. The second kappa shape index (κ2) is 6.22. The van der Waals surface area contributed by atoms with Gasteiger partial charge < -0.3 is 14.5 Å². The van der Waals surface area contributed by atoms with Crippen molar-refractivity contribution < 1.29 is 9.13 Å². The van der Waals surface area contributed by atoms with E-state index >= 15 is 0 Å². The van der Waals surface area contributed by atoms with E-state index in [0.29, 0.717) is 16.9 Å². The quantitative estimate of drug-likeness (QED) is 0.790. The highest BCUT2D eigenvalue weighted by Gasteiger charge is 2.32. The van der Waals surface area contributed by atoms with Gasteiger partial charge in [-0.15, -0.1) is 0 Å². The lowest BCUT2D eigenvalue weighted by Crippen LogP contribution is -2.57. The number of benzene rings is 1. The lowest BCUT2D eigenvalue weighted by atomic mass is 10.0. The smallest absolute Gasteiger partial charge is 0.143 e. The Kier molecular flexibility index (Phi) is 4.31. The fraction of sp³-hybridized carbons (Fsp3) is 0.467. The Hall–Kier alpha value is -1.66. The summed E-state index contributed by atoms with van der Waals surface area (Å²) in [4.78, 5) is 12.7. The molecule has 1 aliphatic heterocycles. The Bertz CT molecular complexity index is 676. The Morgan fingerprint density at radius 2 is 2.14 bits per heavy atom. The summed E-state index contributed by atoms with van der Waals surface area (Å²) in [6, 6.07) is 4.12. The van der Waals surface area contributed by atoms with Gasteiger partial charge in [0.25, 0.3) is 0 Å². The average molecular weight is 325 g/mol. The molecule has 1 aliphatic rings. The van der Waals surface area contributed by atoms with Crippen LogP contribution in [-0.4, -0.2) is 61.4 Å². The van der Waals surface area contributed by atoms with E-state index in [2.05, 4.69) is 33.9 Å². The first-order chi connectivity index (χ1) is 10.6. The molecule has 1 aromatic carbocycles. The average Bonchev–Trinajstić information content (AvgIpc) is 2.44. The van der Waals surface area contributed by atoms with Gasteiger partial charge in [0.05, 0.1) is 16.6 Å². The Labute approximate surface area is 133 Å².